The summed E-state index contributed by atoms with van der Waals surface area (Å²) < 4.78 is 14.1. The molecule has 0 unspecified atom stereocenters. The Morgan fingerprint density at radius 1 is 1.03 bits per heavy atom. The largest absolute Gasteiger partial charge is 0.497 e. The van der Waals surface area contributed by atoms with Gasteiger partial charge in [0.25, 0.3) is 0 Å². The van der Waals surface area contributed by atoms with Crippen molar-refractivity contribution in [3.63, 3.8) is 0 Å². The van der Waals surface area contributed by atoms with Crippen molar-refractivity contribution in [1.29, 1.82) is 0 Å². The molecule has 0 aliphatic heterocycles. The zero-order chi connectivity index (χ0) is 25.2. The van der Waals surface area contributed by atoms with Crippen LogP contribution in [0.25, 0.3) is 33.7 Å². The number of aryl methyl sites for hydroxylation is 1. The Morgan fingerprint density at radius 2 is 1.78 bits per heavy atom. The van der Waals surface area contributed by atoms with Gasteiger partial charge < -0.3 is 14.6 Å². The van der Waals surface area contributed by atoms with Gasteiger partial charge in [0, 0.05) is 11.8 Å². The highest BCUT2D eigenvalue weighted by Crippen LogP contribution is 2.37. The van der Waals surface area contributed by atoms with E-state index in [4.69, 9.17) is 19.7 Å². The normalized spacial score (nSPS) is 11.1. The molecule has 3 aromatic heterocycles. The summed E-state index contributed by atoms with van der Waals surface area (Å²) >= 11 is 0. The summed E-state index contributed by atoms with van der Waals surface area (Å²) in [5.41, 5.74) is 6.32. The topological polar surface area (TPSA) is 90.9 Å². The second-order valence-corrected chi connectivity index (χ2v) is 8.30. The Balaban J connectivity index is 1.78. The Bertz CT molecular complexity index is 1540. The van der Waals surface area contributed by atoms with Crippen LogP contribution in [0.1, 0.15) is 28.5 Å². The Hall–Kier alpha value is -4.43. The third-order valence-corrected chi connectivity index (χ3v) is 6.03. The maximum atomic E-state index is 12.7. The van der Waals surface area contributed by atoms with E-state index in [1.54, 1.807) is 29.3 Å². The van der Waals surface area contributed by atoms with Gasteiger partial charge in [0.15, 0.2) is 0 Å². The Kier molecular flexibility index (Phi) is 6.26. The predicted molar refractivity (Wildman–Crippen MR) is 136 cm³/mol. The molecule has 2 aromatic carbocycles. The first kappa shape index (κ1) is 23.3. The van der Waals surface area contributed by atoms with E-state index >= 15 is 0 Å². The zero-order valence-electron chi connectivity index (χ0n) is 20.3. The van der Waals surface area contributed by atoms with E-state index in [-0.39, 0.29) is 19.2 Å². The molecule has 5 aromatic rings. The van der Waals surface area contributed by atoms with Gasteiger partial charge >= 0.3 is 5.97 Å². The summed E-state index contributed by atoms with van der Waals surface area (Å²) in [4.78, 5) is 12.7. The zero-order valence-corrected chi connectivity index (χ0v) is 20.3. The number of rotatable bonds is 7. The van der Waals surface area contributed by atoms with Crippen molar-refractivity contribution < 1.29 is 19.4 Å². The number of aromatic nitrogens is 4. The van der Waals surface area contributed by atoms with E-state index in [1.807, 2.05) is 73.8 Å². The minimum absolute atomic E-state index is 0.188. The minimum atomic E-state index is -0.387. The smallest absolute Gasteiger partial charge is 0.338 e. The highest BCUT2D eigenvalue weighted by molar-refractivity contribution is 5.97. The second-order valence-electron chi connectivity index (χ2n) is 8.30. The molecule has 0 bridgehead atoms. The first-order chi connectivity index (χ1) is 17.5. The van der Waals surface area contributed by atoms with Crippen molar-refractivity contribution in [2.24, 2.45) is 0 Å². The molecular formula is C28H26N4O4. The Morgan fingerprint density at radius 3 is 2.44 bits per heavy atom. The van der Waals surface area contributed by atoms with Crippen molar-refractivity contribution in [3.05, 3.63) is 89.7 Å². The molecule has 0 spiro atoms. The quantitative estimate of drug-likeness (QED) is 0.334. The fraction of sp³-hybridized carbons (Fsp3) is 0.179. The lowest BCUT2D eigenvalue weighted by Gasteiger charge is -2.07. The summed E-state index contributed by atoms with van der Waals surface area (Å²) in [6.45, 7) is 3.73. The molecule has 0 radical (unpaired) electrons. The molecular weight excluding hydrogens is 456 g/mol. The summed E-state index contributed by atoms with van der Waals surface area (Å²) in [7, 11) is 1.62. The van der Waals surface area contributed by atoms with Gasteiger partial charge in [0.05, 0.1) is 54.0 Å². The molecule has 0 aliphatic carbocycles. The highest BCUT2D eigenvalue weighted by Gasteiger charge is 2.23. The third kappa shape index (κ3) is 4.12. The number of methoxy groups -OCH3 is 1. The number of hydrogen-bond acceptors (Lipinski definition) is 6. The number of carbonyl (C=O) groups excluding carboxylic acids is 1. The number of nitrogens with zero attached hydrogens (tertiary/aromatic N) is 4. The minimum Gasteiger partial charge on any atom is -0.497 e. The molecule has 0 saturated heterocycles. The van der Waals surface area contributed by atoms with Crippen LogP contribution in [-0.2, 0) is 11.3 Å². The molecule has 8 heteroatoms. The first-order valence-corrected chi connectivity index (χ1v) is 11.6. The molecule has 1 N–H and O–H groups in total. The lowest BCUT2D eigenvalue weighted by atomic mass is 10.0. The van der Waals surface area contributed by atoms with E-state index in [0.29, 0.717) is 28.2 Å². The fourth-order valence-electron chi connectivity index (χ4n) is 4.27. The fourth-order valence-corrected chi connectivity index (χ4v) is 4.27. The number of ether oxygens (including phenoxy) is 2. The van der Waals surface area contributed by atoms with Gasteiger partial charge in [-0.05, 0) is 67.9 Å². The average Bonchev–Trinajstić information content (AvgIpc) is 3.50. The predicted octanol–water partition coefficient (Wildman–Crippen LogP) is 4.84. The number of hydrogen-bond donors (Lipinski definition) is 1. The van der Waals surface area contributed by atoms with Crippen molar-refractivity contribution in [2.75, 3.05) is 13.7 Å². The van der Waals surface area contributed by atoms with E-state index < -0.39 is 0 Å². The monoisotopic (exact) mass is 482 g/mol. The van der Waals surface area contributed by atoms with Gasteiger partial charge in [0.2, 0.25) is 0 Å². The van der Waals surface area contributed by atoms with E-state index in [2.05, 4.69) is 0 Å². The number of para-hydroxylation sites is 1. The van der Waals surface area contributed by atoms with Crippen molar-refractivity contribution in [2.45, 2.75) is 20.5 Å². The van der Waals surface area contributed by atoms with E-state index in [9.17, 15) is 9.90 Å². The van der Waals surface area contributed by atoms with Crippen LogP contribution in [0.4, 0.5) is 0 Å². The molecule has 0 atom stereocenters. The molecule has 0 fully saturated rings. The number of carbonyl (C=O) groups is 1. The lowest BCUT2D eigenvalue weighted by molar-refractivity contribution is 0.0525. The molecule has 5 rings (SSSR count). The molecule has 0 amide bonds. The van der Waals surface area contributed by atoms with Crippen molar-refractivity contribution in [1.82, 2.24) is 19.4 Å². The van der Waals surface area contributed by atoms with Crippen LogP contribution in [0.15, 0.2) is 72.9 Å². The number of esters is 1. The number of aliphatic hydroxyl groups excluding tert-OH is 1. The summed E-state index contributed by atoms with van der Waals surface area (Å²) in [5.74, 6) is 0.349. The highest BCUT2D eigenvalue weighted by atomic mass is 16.5. The van der Waals surface area contributed by atoms with Gasteiger partial charge in [-0.25, -0.2) is 14.0 Å². The van der Waals surface area contributed by atoms with Crippen LogP contribution >= 0.6 is 0 Å². The van der Waals surface area contributed by atoms with Gasteiger partial charge in [0.1, 0.15) is 11.4 Å². The van der Waals surface area contributed by atoms with Crippen LogP contribution in [0.3, 0.4) is 0 Å². The molecule has 182 valence electrons. The summed E-state index contributed by atoms with van der Waals surface area (Å²) in [6, 6.07) is 20.9. The number of benzene rings is 2. The van der Waals surface area contributed by atoms with Crippen LogP contribution < -0.4 is 4.74 Å². The van der Waals surface area contributed by atoms with Crippen LogP contribution in [0, 0.1) is 6.92 Å². The average molecular weight is 483 g/mol. The Labute approximate surface area is 208 Å². The molecule has 0 saturated carbocycles. The second kappa shape index (κ2) is 9.67. The first-order valence-electron chi connectivity index (χ1n) is 11.6. The maximum absolute atomic E-state index is 12.7. The van der Waals surface area contributed by atoms with Gasteiger partial charge in [-0.2, -0.15) is 10.2 Å². The van der Waals surface area contributed by atoms with Crippen molar-refractivity contribution in [3.8, 4) is 34.0 Å². The van der Waals surface area contributed by atoms with Crippen molar-refractivity contribution >= 4 is 11.5 Å². The molecule has 0 aliphatic rings. The van der Waals surface area contributed by atoms with E-state index in [0.717, 1.165) is 28.1 Å². The standard InChI is InChI=1S/C28H26N4O4/c1-4-36-28(34)23-15-25-26(24-14-21(17-33)32(29-24)20-8-6-5-7-9-20)27(30-31(25)16-18(23)2)19-10-12-22(35-3)13-11-19/h5-16,33H,4,17H2,1-3H3. The SMILES string of the molecule is CCOC(=O)c1cc2c(-c3cc(CO)n(-c4ccccc4)n3)c(-c3ccc(OC)cc3)nn2cc1C. The van der Waals surface area contributed by atoms with Gasteiger partial charge in [-0.3, -0.25) is 0 Å². The van der Waals surface area contributed by atoms with Crippen LogP contribution in [0.2, 0.25) is 0 Å². The summed E-state index contributed by atoms with van der Waals surface area (Å²) in [5, 5.41) is 19.8. The molecule has 8 nitrogen and oxygen atoms in total. The van der Waals surface area contributed by atoms with E-state index in [1.165, 1.54) is 0 Å². The number of pyridine rings is 1. The van der Waals surface area contributed by atoms with Gasteiger partial charge in [-0.1, -0.05) is 18.2 Å². The number of fused-ring (bicyclic) bond motifs is 1. The molecule has 3 heterocycles. The van der Waals surface area contributed by atoms with Crippen LogP contribution in [-0.4, -0.2) is 44.2 Å². The number of aliphatic hydroxyl groups is 1. The summed E-state index contributed by atoms with van der Waals surface area (Å²) in [6.07, 6.45) is 1.82. The lowest BCUT2D eigenvalue weighted by Crippen LogP contribution is -2.08. The third-order valence-electron chi connectivity index (χ3n) is 6.03. The molecule has 36 heavy (non-hydrogen) atoms. The van der Waals surface area contributed by atoms with Gasteiger partial charge in [-0.15, -0.1) is 0 Å². The van der Waals surface area contributed by atoms with Crippen LogP contribution in [0.5, 0.6) is 5.75 Å². The maximum Gasteiger partial charge on any atom is 0.338 e.